The number of amides is 1. The van der Waals surface area contributed by atoms with E-state index in [1.165, 1.54) is 0 Å². The summed E-state index contributed by atoms with van der Waals surface area (Å²) in [4.78, 5) is 16.1. The molecule has 1 aromatic rings. The number of hydrogen-bond donors (Lipinski definition) is 1. The lowest BCUT2D eigenvalue weighted by molar-refractivity contribution is 0.0240. The van der Waals surface area contributed by atoms with Gasteiger partial charge in [-0.25, -0.2) is 4.79 Å². The number of anilines is 1. The van der Waals surface area contributed by atoms with Crippen molar-refractivity contribution in [1.29, 1.82) is 0 Å². The van der Waals surface area contributed by atoms with Gasteiger partial charge in [-0.05, 0) is 51.0 Å². The Hall–Kier alpha value is -1.91. The van der Waals surface area contributed by atoms with Crippen molar-refractivity contribution >= 4 is 11.8 Å². The van der Waals surface area contributed by atoms with Crippen LogP contribution in [0.5, 0.6) is 5.75 Å². The quantitative estimate of drug-likeness (QED) is 0.912. The molecule has 0 radical (unpaired) electrons. The minimum Gasteiger partial charge on any atom is -0.508 e. The van der Waals surface area contributed by atoms with Gasteiger partial charge in [0.15, 0.2) is 0 Å². The third-order valence-corrected chi connectivity index (χ3v) is 3.72. The Labute approximate surface area is 132 Å². The van der Waals surface area contributed by atoms with E-state index in [0.717, 1.165) is 30.8 Å². The third-order valence-electron chi connectivity index (χ3n) is 3.72. The second-order valence-corrected chi connectivity index (χ2v) is 6.62. The molecule has 0 aromatic heterocycles. The predicted molar refractivity (Wildman–Crippen MR) is 87.5 cm³/mol. The van der Waals surface area contributed by atoms with Crippen molar-refractivity contribution < 1.29 is 14.6 Å². The van der Waals surface area contributed by atoms with Gasteiger partial charge in [0.2, 0.25) is 0 Å². The van der Waals surface area contributed by atoms with E-state index in [2.05, 4.69) is 11.8 Å². The average molecular weight is 306 g/mol. The van der Waals surface area contributed by atoms with Crippen LogP contribution in [0.1, 0.15) is 33.3 Å². The number of carbonyl (C=O) groups is 1. The van der Waals surface area contributed by atoms with E-state index in [1.807, 2.05) is 32.9 Å². The number of carbonyl (C=O) groups excluding carboxylic acids is 1. The lowest BCUT2D eigenvalue weighted by atomic mass is 10.1. The second-order valence-electron chi connectivity index (χ2n) is 6.62. The van der Waals surface area contributed by atoms with E-state index >= 15 is 0 Å². The Bertz CT molecular complexity index is 529. The van der Waals surface area contributed by atoms with Crippen molar-refractivity contribution in [3.05, 3.63) is 23.8 Å². The molecule has 0 bridgehead atoms. The highest BCUT2D eigenvalue weighted by Crippen LogP contribution is 2.26. The number of rotatable bonds is 2. The Balaban J connectivity index is 1.99. The number of aromatic hydroxyl groups is 1. The van der Waals surface area contributed by atoms with Crippen LogP contribution < -0.4 is 4.90 Å². The zero-order valence-electron chi connectivity index (χ0n) is 13.9. The monoisotopic (exact) mass is 306 g/mol. The number of phenolic OH excluding ortho intramolecular Hbond substituents is 1. The fraction of sp³-hybridized carbons (Fsp3) is 0.588. The van der Waals surface area contributed by atoms with E-state index in [-0.39, 0.29) is 6.09 Å². The van der Waals surface area contributed by atoms with Crippen LogP contribution in [-0.4, -0.2) is 47.9 Å². The topological polar surface area (TPSA) is 53.0 Å². The van der Waals surface area contributed by atoms with Crippen molar-refractivity contribution in [3.8, 4) is 5.75 Å². The Morgan fingerprint density at radius 3 is 2.41 bits per heavy atom. The maximum atomic E-state index is 12.1. The molecule has 5 heteroatoms. The molecule has 1 heterocycles. The van der Waals surface area contributed by atoms with Crippen molar-refractivity contribution in [3.63, 3.8) is 0 Å². The molecule has 0 saturated carbocycles. The van der Waals surface area contributed by atoms with Crippen LogP contribution in [0, 0.1) is 0 Å². The van der Waals surface area contributed by atoms with E-state index < -0.39 is 5.60 Å². The van der Waals surface area contributed by atoms with Crippen LogP contribution in [0.15, 0.2) is 18.2 Å². The minimum atomic E-state index is -0.458. The SMILES string of the molecule is CCc1cc(O)ccc1N1CCN(C(=O)OC(C)(C)C)CC1. The molecule has 5 nitrogen and oxygen atoms in total. The number of hydrogen-bond acceptors (Lipinski definition) is 4. The fourth-order valence-electron chi connectivity index (χ4n) is 2.62. The van der Waals surface area contributed by atoms with E-state index in [9.17, 15) is 9.90 Å². The molecule has 1 aromatic carbocycles. The van der Waals surface area contributed by atoms with Crippen molar-refractivity contribution in [2.45, 2.75) is 39.7 Å². The molecule has 0 atom stereocenters. The molecule has 22 heavy (non-hydrogen) atoms. The molecule has 0 spiro atoms. The summed E-state index contributed by atoms with van der Waals surface area (Å²) in [5.41, 5.74) is 1.82. The van der Waals surface area contributed by atoms with E-state index in [4.69, 9.17) is 4.74 Å². The molecule has 1 N–H and O–H groups in total. The summed E-state index contributed by atoms with van der Waals surface area (Å²) in [5.74, 6) is 0.299. The van der Waals surface area contributed by atoms with Crippen molar-refractivity contribution in [1.82, 2.24) is 4.90 Å². The lowest BCUT2D eigenvalue weighted by Gasteiger charge is -2.37. The van der Waals surface area contributed by atoms with Crippen LogP contribution in [0.3, 0.4) is 0 Å². The largest absolute Gasteiger partial charge is 0.508 e. The summed E-state index contributed by atoms with van der Waals surface area (Å²) in [6.07, 6.45) is 0.629. The molecule has 0 unspecified atom stereocenters. The first-order valence-electron chi connectivity index (χ1n) is 7.85. The third kappa shape index (κ3) is 4.06. The first-order valence-corrected chi connectivity index (χ1v) is 7.85. The zero-order valence-corrected chi connectivity index (χ0v) is 13.9. The van der Waals surface area contributed by atoms with Gasteiger partial charge >= 0.3 is 6.09 Å². The highest BCUT2D eigenvalue weighted by Gasteiger charge is 2.26. The maximum absolute atomic E-state index is 12.1. The van der Waals surface area contributed by atoms with Gasteiger partial charge in [-0.15, -0.1) is 0 Å². The molecular formula is C17H26N2O3. The van der Waals surface area contributed by atoms with Gasteiger partial charge in [-0.2, -0.15) is 0 Å². The molecule has 1 saturated heterocycles. The first-order chi connectivity index (χ1) is 10.3. The molecule has 1 amide bonds. The summed E-state index contributed by atoms with van der Waals surface area (Å²) in [5, 5.41) is 9.60. The van der Waals surface area contributed by atoms with E-state index in [1.54, 1.807) is 11.0 Å². The highest BCUT2D eigenvalue weighted by atomic mass is 16.6. The summed E-state index contributed by atoms with van der Waals surface area (Å²) in [6, 6.07) is 5.49. The van der Waals surface area contributed by atoms with Gasteiger partial charge < -0.3 is 19.6 Å². The normalized spacial score (nSPS) is 15.8. The summed E-state index contributed by atoms with van der Waals surface area (Å²) in [6.45, 7) is 10.6. The number of piperazine rings is 1. The molecule has 1 aliphatic heterocycles. The molecule has 122 valence electrons. The van der Waals surface area contributed by atoms with Gasteiger partial charge in [0.05, 0.1) is 0 Å². The number of aryl methyl sites for hydroxylation is 1. The smallest absolute Gasteiger partial charge is 0.410 e. The van der Waals surface area contributed by atoms with Gasteiger partial charge in [-0.3, -0.25) is 0 Å². The lowest BCUT2D eigenvalue weighted by Crippen LogP contribution is -2.50. The Kier molecular flexibility index (Phi) is 4.84. The minimum absolute atomic E-state index is 0.242. The van der Waals surface area contributed by atoms with E-state index in [0.29, 0.717) is 18.8 Å². The van der Waals surface area contributed by atoms with Gasteiger partial charge in [0.1, 0.15) is 11.4 Å². The molecule has 2 rings (SSSR count). The summed E-state index contributed by atoms with van der Waals surface area (Å²) >= 11 is 0. The van der Waals surface area contributed by atoms with Crippen LogP contribution in [0.25, 0.3) is 0 Å². The van der Waals surface area contributed by atoms with Gasteiger partial charge in [0.25, 0.3) is 0 Å². The number of nitrogens with zero attached hydrogens (tertiary/aromatic N) is 2. The summed E-state index contributed by atoms with van der Waals surface area (Å²) in [7, 11) is 0. The maximum Gasteiger partial charge on any atom is 0.410 e. The Morgan fingerprint density at radius 1 is 1.23 bits per heavy atom. The van der Waals surface area contributed by atoms with Crippen LogP contribution in [-0.2, 0) is 11.2 Å². The predicted octanol–water partition coefficient (Wildman–Crippen LogP) is 3.01. The fourth-order valence-corrected chi connectivity index (χ4v) is 2.62. The number of phenols is 1. The van der Waals surface area contributed by atoms with Crippen LogP contribution in [0.2, 0.25) is 0 Å². The van der Waals surface area contributed by atoms with Crippen molar-refractivity contribution in [2.75, 3.05) is 31.1 Å². The van der Waals surface area contributed by atoms with Gasteiger partial charge in [0, 0.05) is 31.9 Å². The second kappa shape index (κ2) is 6.46. The molecule has 1 aliphatic rings. The summed E-state index contributed by atoms with van der Waals surface area (Å²) < 4.78 is 5.41. The first kappa shape index (κ1) is 16.5. The van der Waals surface area contributed by atoms with Gasteiger partial charge in [-0.1, -0.05) is 6.92 Å². The standard InChI is InChI=1S/C17H26N2O3/c1-5-13-12-14(20)6-7-15(13)18-8-10-19(11-9-18)16(21)22-17(2,3)4/h6-7,12,20H,5,8-11H2,1-4H3. The Morgan fingerprint density at radius 2 is 1.86 bits per heavy atom. The number of ether oxygens (including phenoxy) is 1. The van der Waals surface area contributed by atoms with Crippen molar-refractivity contribution in [2.24, 2.45) is 0 Å². The molecule has 1 fully saturated rings. The highest BCUT2D eigenvalue weighted by molar-refractivity contribution is 5.69. The van der Waals surface area contributed by atoms with Crippen LogP contribution >= 0.6 is 0 Å². The number of benzene rings is 1. The molecule has 0 aliphatic carbocycles. The van der Waals surface area contributed by atoms with Crippen LogP contribution in [0.4, 0.5) is 10.5 Å². The molecular weight excluding hydrogens is 280 g/mol. The average Bonchev–Trinajstić information content (AvgIpc) is 2.45. The zero-order chi connectivity index (χ0) is 16.3.